The van der Waals surface area contributed by atoms with Gasteiger partial charge in [-0.05, 0) is 13.8 Å². The molecular weight excluding hydrogens is 236 g/mol. The first-order valence-corrected chi connectivity index (χ1v) is 5.35. The lowest BCUT2D eigenvalue weighted by Gasteiger charge is -2.10. The normalized spacial score (nSPS) is 12.1. The van der Waals surface area contributed by atoms with Gasteiger partial charge in [0.05, 0.1) is 17.2 Å². The van der Waals surface area contributed by atoms with Crippen molar-refractivity contribution in [2.75, 3.05) is 5.32 Å². The van der Waals surface area contributed by atoms with E-state index in [-0.39, 0.29) is 11.7 Å². The number of hydrogen-bond acceptors (Lipinski definition) is 6. The van der Waals surface area contributed by atoms with Crippen molar-refractivity contribution < 1.29 is 9.34 Å². The minimum atomic E-state index is -0.465. The lowest BCUT2D eigenvalue weighted by atomic mass is 10.3. The highest BCUT2D eigenvalue weighted by Crippen LogP contribution is 2.20. The topological polar surface area (TPSA) is 94.1 Å². The van der Waals surface area contributed by atoms with Crippen LogP contribution in [0.4, 0.5) is 11.5 Å². The fraction of sp³-hybridized carbons (Fsp3) is 0.273. The summed E-state index contributed by atoms with van der Waals surface area (Å²) >= 11 is 0. The Kier molecular flexibility index (Phi) is 3.22. The Bertz CT molecular complexity index is 567. The van der Waals surface area contributed by atoms with Gasteiger partial charge >= 0.3 is 0 Å². The summed E-state index contributed by atoms with van der Waals surface area (Å²) in [4.78, 5) is 18.3. The lowest BCUT2D eigenvalue weighted by molar-refractivity contribution is -0.384. The number of nitro groups is 1. The zero-order valence-corrected chi connectivity index (χ0v) is 9.95. The number of oxazole rings is 1. The van der Waals surface area contributed by atoms with Crippen LogP contribution >= 0.6 is 0 Å². The molecule has 0 fully saturated rings. The Morgan fingerprint density at radius 2 is 2.28 bits per heavy atom. The van der Waals surface area contributed by atoms with Gasteiger partial charge in [0, 0.05) is 12.3 Å². The van der Waals surface area contributed by atoms with Gasteiger partial charge in [0.15, 0.2) is 0 Å². The van der Waals surface area contributed by atoms with Crippen LogP contribution in [-0.2, 0) is 0 Å². The minimum absolute atomic E-state index is 0.0108. The quantitative estimate of drug-likeness (QED) is 0.659. The molecule has 2 rings (SSSR count). The molecule has 1 unspecified atom stereocenters. The summed E-state index contributed by atoms with van der Waals surface area (Å²) in [5.74, 6) is 1.64. The molecule has 0 saturated heterocycles. The molecule has 0 amide bonds. The lowest BCUT2D eigenvalue weighted by Crippen LogP contribution is -2.08. The van der Waals surface area contributed by atoms with Gasteiger partial charge in [0.1, 0.15) is 17.6 Å². The van der Waals surface area contributed by atoms with E-state index in [2.05, 4.69) is 15.3 Å². The maximum Gasteiger partial charge on any atom is 0.274 e. The molecule has 7 nitrogen and oxygen atoms in total. The third-order valence-electron chi connectivity index (χ3n) is 2.33. The van der Waals surface area contributed by atoms with Crippen LogP contribution < -0.4 is 5.32 Å². The molecule has 0 radical (unpaired) electrons. The Balaban J connectivity index is 2.14. The Labute approximate surface area is 103 Å². The van der Waals surface area contributed by atoms with Crippen LogP contribution in [0.1, 0.15) is 24.6 Å². The number of anilines is 1. The first-order chi connectivity index (χ1) is 8.56. The molecule has 0 saturated carbocycles. The number of aromatic nitrogens is 2. The number of aryl methyl sites for hydroxylation is 1. The van der Waals surface area contributed by atoms with Crippen molar-refractivity contribution in [1.29, 1.82) is 0 Å². The molecule has 2 heterocycles. The predicted molar refractivity (Wildman–Crippen MR) is 64.2 cm³/mol. The Morgan fingerprint density at radius 1 is 1.50 bits per heavy atom. The summed E-state index contributed by atoms with van der Waals surface area (Å²) < 4.78 is 5.36. The molecule has 2 aromatic rings. The fourth-order valence-corrected chi connectivity index (χ4v) is 1.47. The highest BCUT2D eigenvalue weighted by Gasteiger charge is 2.13. The number of pyridine rings is 1. The summed E-state index contributed by atoms with van der Waals surface area (Å²) in [6.07, 6.45) is 3.00. The van der Waals surface area contributed by atoms with Gasteiger partial charge in [-0.15, -0.1) is 0 Å². The second-order valence-corrected chi connectivity index (χ2v) is 3.83. The third kappa shape index (κ3) is 2.62. The van der Waals surface area contributed by atoms with E-state index in [0.29, 0.717) is 17.5 Å². The first kappa shape index (κ1) is 12.0. The van der Waals surface area contributed by atoms with E-state index in [9.17, 15) is 10.1 Å². The molecular formula is C11H12N4O3. The maximum atomic E-state index is 10.6. The molecule has 94 valence electrons. The summed E-state index contributed by atoms with van der Waals surface area (Å²) in [5.41, 5.74) is -0.0108. The summed E-state index contributed by atoms with van der Waals surface area (Å²) in [6.45, 7) is 3.64. The van der Waals surface area contributed by atoms with Crippen molar-refractivity contribution in [2.24, 2.45) is 0 Å². The third-order valence-corrected chi connectivity index (χ3v) is 2.33. The highest BCUT2D eigenvalue weighted by molar-refractivity contribution is 5.45. The standard InChI is InChI=1S/C11H12N4O3/c1-7-6-13-11(18-7)8(2)14-10-5-9(15(16)17)3-4-12-10/h3-6,8H,1-2H3,(H,12,14). The van der Waals surface area contributed by atoms with Gasteiger partial charge in [-0.3, -0.25) is 10.1 Å². The molecule has 0 aromatic carbocycles. The molecule has 0 spiro atoms. The number of nitrogens with one attached hydrogen (secondary N) is 1. The zero-order chi connectivity index (χ0) is 13.1. The number of hydrogen-bond donors (Lipinski definition) is 1. The van der Waals surface area contributed by atoms with E-state index in [1.54, 1.807) is 13.1 Å². The van der Waals surface area contributed by atoms with Crippen molar-refractivity contribution in [3.05, 3.63) is 46.3 Å². The van der Waals surface area contributed by atoms with Crippen LogP contribution in [-0.4, -0.2) is 14.9 Å². The van der Waals surface area contributed by atoms with Crippen LogP contribution in [0.5, 0.6) is 0 Å². The molecule has 0 aliphatic carbocycles. The van der Waals surface area contributed by atoms with Crippen molar-refractivity contribution in [3.63, 3.8) is 0 Å². The van der Waals surface area contributed by atoms with Crippen LogP contribution in [0.25, 0.3) is 0 Å². The van der Waals surface area contributed by atoms with E-state index >= 15 is 0 Å². The zero-order valence-electron chi connectivity index (χ0n) is 9.95. The molecule has 7 heteroatoms. The van der Waals surface area contributed by atoms with E-state index in [0.717, 1.165) is 0 Å². The predicted octanol–water partition coefficient (Wildman–Crippen LogP) is 2.46. The Hall–Kier alpha value is -2.44. The van der Waals surface area contributed by atoms with Gasteiger partial charge in [0.25, 0.3) is 5.69 Å². The van der Waals surface area contributed by atoms with Crippen LogP contribution in [0.15, 0.2) is 28.9 Å². The average Bonchev–Trinajstić information content (AvgIpc) is 2.76. The monoisotopic (exact) mass is 248 g/mol. The fourth-order valence-electron chi connectivity index (χ4n) is 1.47. The summed E-state index contributed by atoms with van der Waals surface area (Å²) in [7, 11) is 0. The van der Waals surface area contributed by atoms with Gasteiger partial charge in [-0.25, -0.2) is 9.97 Å². The largest absolute Gasteiger partial charge is 0.444 e. The maximum absolute atomic E-state index is 10.6. The van der Waals surface area contributed by atoms with Crippen LogP contribution in [0.3, 0.4) is 0 Å². The summed E-state index contributed by atoms with van der Waals surface area (Å²) in [5, 5.41) is 13.6. The van der Waals surface area contributed by atoms with Crippen molar-refractivity contribution in [1.82, 2.24) is 9.97 Å². The van der Waals surface area contributed by atoms with Gasteiger partial charge in [0.2, 0.25) is 5.89 Å². The van der Waals surface area contributed by atoms with Gasteiger partial charge < -0.3 is 9.73 Å². The van der Waals surface area contributed by atoms with Gasteiger partial charge in [-0.1, -0.05) is 0 Å². The number of nitrogens with zero attached hydrogens (tertiary/aromatic N) is 3. The van der Waals surface area contributed by atoms with E-state index in [4.69, 9.17) is 4.42 Å². The van der Waals surface area contributed by atoms with Crippen molar-refractivity contribution in [2.45, 2.75) is 19.9 Å². The SMILES string of the molecule is Cc1cnc(C(C)Nc2cc([N+](=O)[O-])ccn2)o1. The highest BCUT2D eigenvalue weighted by atomic mass is 16.6. The van der Waals surface area contributed by atoms with Gasteiger partial charge in [-0.2, -0.15) is 0 Å². The number of rotatable bonds is 4. The Morgan fingerprint density at radius 3 is 2.89 bits per heavy atom. The van der Waals surface area contributed by atoms with Crippen molar-refractivity contribution >= 4 is 11.5 Å². The molecule has 0 bridgehead atoms. The summed E-state index contributed by atoms with van der Waals surface area (Å²) in [6, 6.07) is 2.49. The molecule has 2 aromatic heterocycles. The van der Waals surface area contributed by atoms with E-state index in [1.807, 2.05) is 6.92 Å². The molecule has 0 aliphatic rings. The average molecular weight is 248 g/mol. The smallest absolute Gasteiger partial charge is 0.274 e. The van der Waals surface area contributed by atoms with E-state index < -0.39 is 4.92 Å². The van der Waals surface area contributed by atoms with Crippen LogP contribution in [0, 0.1) is 17.0 Å². The minimum Gasteiger partial charge on any atom is -0.444 e. The second-order valence-electron chi connectivity index (χ2n) is 3.83. The van der Waals surface area contributed by atoms with E-state index in [1.165, 1.54) is 18.3 Å². The first-order valence-electron chi connectivity index (χ1n) is 5.35. The van der Waals surface area contributed by atoms with Crippen molar-refractivity contribution in [3.8, 4) is 0 Å². The molecule has 1 atom stereocenters. The molecule has 0 aliphatic heterocycles. The second kappa shape index (κ2) is 4.82. The van der Waals surface area contributed by atoms with Crippen LogP contribution in [0.2, 0.25) is 0 Å². The molecule has 18 heavy (non-hydrogen) atoms. The molecule has 1 N–H and O–H groups in total.